The van der Waals surface area contributed by atoms with Gasteiger partial charge in [-0.3, -0.25) is 4.79 Å². The number of methoxy groups -OCH3 is 2. The Labute approximate surface area is 196 Å². The van der Waals surface area contributed by atoms with E-state index in [9.17, 15) is 13.2 Å². The van der Waals surface area contributed by atoms with Crippen LogP contribution in [-0.4, -0.2) is 34.5 Å². The maximum atomic E-state index is 13.4. The molecule has 0 fully saturated rings. The molecule has 3 aromatic carbocycles. The molecule has 0 amide bonds. The Morgan fingerprint density at radius 3 is 2.00 bits per heavy atom. The third-order valence-corrected chi connectivity index (χ3v) is 7.45. The predicted octanol–water partition coefficient (Wildman–Crippen LogP) is 4.68. The second-order valence-corrected chi connectivity index (χ2v) is 9.89. The average molecular weight is 518 g/mol. The van der Waals surface area contributed by atoms with Gasteiger partial charge in [0.25, 0.3) is 0 Å². The van der Waals surface area contributed by atoms with E-state index in [1.54, 1.807) is 60.7 Å². The summed E-state index contributed by atoms with van der Waals surface area (Å²) < 4.78 is 39.5. The van der Waals surface area contributed by atoms with Crippen LogP contribution in [0.1, 0.15) is 26.3 Å². The molecule has 0 saturated carbocycles. The number of Topliss-reactive ketones (excluding diaryl/α,β-unsaturated/α-hetero) is 1. The van der Waals surface area contributed by atoms with Crippen LogP contribution < -0.4 is 14.2 Å². The highest BCUT2D eigenvalue weighted by Crippen LogP contribution is 2.34. The number of ketones is 1. The summed E-state index contributed by atoms with van der Waals surface area (Å²) in [6.45, 7) is 1.87. The first-order chi connectivity index (χ1) is 15.2. The number of nitrogens with one attached hydrogen (secondary N) is 1. The molecule has 168 valence electrons. The van der Waals surface area contributed by atoms with Crippen molar-refractivity contribution in [3.8, 4) is 11.5 Å². The summed E-state index contributed by atoms with van der Waals surface area (Å²) in [6, 6.07) is 19.0. The van der Waals surface area contributed by atoms with Crippen LogP contribution in [0.2, 0.25) is 0 Å². The van der Waals surface area contributed by atoms with E-state index in [1.165, 1.54) is 26.4 Å². The first-order valence-electron chi connectivity index (χ1n) is 9.80. The molecule has 0 radical (unpaired) electrons. The first-order valence-corrected chi connectivity index (χ1v) is 12.2. The molecule has 0 bridgehead atoms. The van der Waals surface area contributed by atoms with Crippen LogP contribution in [0.3, 0.4) is 0 Å². The highest BCUT2D eigenvalue weighted by Gasteiger charge is 2.33. The van der Waals surface area contributed by atoms with Crippen molar-refractivity contribution in [2.24, 2.45) is 0 Å². The molecule has 3 rings (SSSR count). The van der Waals surface area contributed by atoms with Crippen molar-refractivity contribution in [2.45, 2.75) is 22.7 Å². The molecule has 3 aromatic rings. The average Bonchev–Trinajstić information content (AvgIpc) is 2.82. The van der Waals surface area contributed by atoms with Crippen LogP contribution >= 0.6 is 15.9 Å². The predicted molar refractivity (Wildman–Crippen MR) is 127 cm³/mol. The second-order valence-electron chi connectivity index (χ2n) is 7.19. The zero-order valence-corrected chi connectivity index (χ0v) is 20.3. The summed E-state index contributed by atoms with van der Waals surface area (Å²) in [4.78, 5) is 12.8. The minimum Gasteiger partial charge on any atom is -0.497 e. The number of sulfonamides is 1. The molecule has 0 spiro atoms. The van der Waals surface area contributed by atoms with Gasteiger partial charge >= 0.3 is 0 Å². The van der Waals surface area contributed by atoms with Crippen LogP contribution in [0.4, 0.5) is 0 Å². The van der Waals surface area contributed by atoms with Crippen LogP contribution in [-0.2, 0) is 10.0 Å². The largest absolute Gasteiger partial charge is 0.497 e. The van der Waals surface area contributed by atoms with Gasteiger partial charge in [0.15, 0.2) is 5.78 Å². The van der Waals surface area contributed by atoms with Gasteiger partial charge in [-0.2, -0.15) is 4.72 Å². The van der Waals surface area contributed by atoms with Gasteiger partial charge < -0.3 is 9.47 Å². The summed E-state index contributed by atoms with van der Waals surface area (Å²) in [7, 11) is -0.932. The molecule has 0 aliphatic rings. The Balaban J connectivity index is 2.04. The fraction of sp³-hybridized carbons (Fsp3) is 0.208. The van der Waals surface area contributed by atoms with Crippen molar-refractivity contribution < 1.29 is 22.7 Å². The van der Waals surface area contributed by atoms with Crippen molar-refractivity contribution in [3.05, 3.63) is 89.5 Å². The molecule has 1 N–H and O–H groups in total. The van der Waals surface area contributed by atoms with E-state index in [0.717, 1.165) is 5.56 Å². The van der Waals surface area contributed by atoms with E-state index in [4.69, 9.17) is 9.47 Å². The number of ether oxygens (including phenoxy) is 2. The van der Waals surface area contributed by atoms with E-state index in [2.05, 4.69) is 20.7 Å². The Morgan fingerprint density at radius 1 is 0.906 bits per heavy atom. The molecule has 0 saturated heterocycles. The lowest BCUT2D eigenvalue weighted by molar-refractivity contribution is 0.0952. The van der Waals surface area contributed by atoms with Gasteiger partial charge in [0.2, 0.25) is 10.0 Å². The standard InChI is InChI=1S/C24H24BrNO5S/c1-16-9-11-21(12-10-16)32(28,29)26-23(24(27)17-7-5-4-6-8-17)22(25)18-13-19(30-2)15-20(14-18)31-3/h4-15,22-23,26H,1-3H3/t22-,23-/m1/s1. The number of aryl methyl sites for hydroxylation is 1. The summed E-state index contributed by atoms with van der Waals surface area (Å²) in [5, 5.41) is 0. The van der Waals surface area contributed by atoms with E-state index in [-0.39, 0.29) is 10.7 Å². The zero-order valence-electron chi connectivity index (χ0n) is 17.9. The normalized spacial score (nSPS) is 13.2. The van der Waals surface area contributed by atoms with Crippen LogP contribution in [0.5, 0.6) is 11.5 Å². The van der Waals surface area contributed by atoms with E-state index >= 15 is 0 Å². The minimum absolute atomic E-state index is 0.0804. The molecule has 0 heterocycles. The maximum Gasteiger partial charge on any atom is 0.241 e. The summed E-state index contributed by atoms with van der Waals surface area (Å²) in [5.41, 5.74) is 1.95. The number of carbonyl (C=O) groups is 1. The number of hydrogen-bond acceptors (Lipinski definition) is 5. The first kappa shape index (κ1) is 24.0. The molecule has 0 aliphatic carbocycles. The van der Waals surface area contributed by atoms with Gasteiger partial charge in [0, 0.05) is 11.6 Å². The number of hydrogen-bond donors (Lipinski definition) is 1. The Morgan fingerprint density at radius 2 is 1.47 bits per heavy atom. The van der Waals surface area contributed by atoms with Crippen molar-refractivity contribution in [2.75, 3.05) is 14.2 Å². The topological polar surface area (TPSA) is 81.7 Å². The lowest BCUT2D eigenvalue weighted by Crippen LogP contribution is -2.43. The SMILES string of the molecule is COc1cc(OC)cc([C@@H](Br)[C@@H](NS(=O)(=O)c2ccc(C)cc2)C(=O)c2ccccc2)c1. The molecule has 6 nitrogen and oxygen atoms in total. The van der Waals surface area contributed by atoms with Crippen LogP contribution in [0, 0.1) is 6.92 Å². The van der Waals surface area contributed by atoms with Crippen molar-refractivity contribution in [1.82, 2.24) is 4.72 Å². The van der Waals surface area contributed by atoms with Crippen molar-refractivity contribution in [3.63, 3.8) is 0 Å². The maximum absolute atomic E-state index is 13.4. The van der Waals surface area contributed by atoms with Crippen molar-refractivity contribution in [1.29, 1.82) is 0 Å². The number of halogens is 1. The molecule has 0 aromatic heterocycles. The molecular formula is C24H24BrNO5S. The highest BCUT2D eigenvalue weighted by molar-refractivity contribution is 9.09. The minimum atomic E-state index is -3.98. The summed E-state index contributed by atoms with van der Waals surface area (Å²) in [6.07, 6.45) is 0. The second kappa shape index (κ2) is 10.3. The number of alkyl halides is 1. The lowest BCUT2D eigenvalue weighted by Gasteiger charge is -2.24. The van der Waals surface area contributed by atoms with E-state index in [0.29, 0.717) is 22.6 Å². The zero-order chi connectivity index (χ0) is 23.3. The smallest absolute Gasteiger partial charge is 0.241 e. The molecule has 2 atom stereocenters. The fourth-order valence-electron chi connectivity index (χ4n) is 3.16. The quantitative estimate of drug-likeness (QED) is 0.329. The molecule has 32 heavy (non-hydrogen) atoms. The highest BCUT2D eigenvalue weighted by atomic mass is 79.9. The van der Waals surface area contributed by atoms with E-state index < -0.39 is 20.9 Å². The van der Waals surface area contributed by atoms with Gasteiger partial charge in [-0.1, -0.05) is 64.0 Å². The van der Waals surface area contributed by atoms with Gasteiger partial charge in [-0.15, -0.1) is 0 Å². The summed E-state index contributed by atoms with van der Waals surface area (Å²) >= 11 is 3.56. The molecular weight excluding hydrogens is 494 g/mol. The van der Waals surface area contributed by atoms with Crippen molar-refractivity contribution >= 4 is 31.7 Å². The van der Waals surface area contributed by atoms with Crippen LogP contribution in [0.15, 0.2) is 77.7 Å². The third-order valence-electron chi connectivity index (χ3n) is 4.94. The number of benzene rings is 3. The van der Waals surface area contributed by atoms with Crippen LogP contribution in [0.25, 0.3) is 0 Å². The summed E-state index contributed by atoms with van der Waals surface area (Å²) in [5.74, 6) is 0.678. The molecule has 0 unspecified atom stereocenters. The number of rotatable bonds is 9. The number of carbonyl (C=O) groups excluding carboxylic acids is 1. The van der Waals surface area contributed by atoms with Gasteiger partial charge in [-0.05, 0) is 36.8 Å². The Hall–Kier alpha value is -2.68. The Bertz CT molecular complexity index is 1160. The molecule has 0 aliphatic heterocycles. The fourth-order valence-corrected chi connectivity index (χ4v) is 5.18. The third kappa shape index (κ3) is 5.56. The lowest BCUT2D eigenvalue weighted by atomic mass is 9.98. The van der Waals surface area contributed by atoms with Gasteiger partial charge in [-0.25, -0.2) is 8.42 Å². The monoisotopic (exact) mass is 517 g/mol. The Kier molecular flexibility index (Phi) is 7.71. The van der Waals surface area contributed by atoms with Gasteiger partial charge in [0.05, 0.1) is 23.9 Å². The van der Waals surface area contributed by atoms with E-state index in [1.807, 2.05) is 6.92 Å². The molecule has 8 heteroatoms. The van der Waals surface area contributed by atoms with Gasteiger partial charge in [0.1, 0.15) is 17.5 Å².